The van der Waals surface area contributed by atoms with Crippen molar-refractivity contribution in [3.63, 3.8) is 0 Å². The lowest BCUT2D eigenvalue weighted by Gasteiger charge is -2.25. The number of amides is 1. The first-order valence-corrected chi connectivity index (χ1v) is 14.4. The van der Waals surface area contributed by atoms with Crippen molar-refractivity contribution in [2.24, 2.45) is 0 Å². The van der Waals surface area contributed by atoms with Crippen molar-refractivity contribution in [2.75, 3.05) is 7.05 Å². The average molecular weight is 516 g/mol. The first-order valence-electron chi connectivity index (χ1n) is 13.1. The number of nitrogens with zero attached hydrogens (tertiary/aromatic N) is 1. The lowest BCUT2D eigenvalue weighted by atomic mass is 9.83. The number of carbonyl (C=O) groups excluding carboxylic acids is 1. The van der Waals surface area contributed by atoms with Crippen LogP contribution in [0.25, 0.3) is 0 Å². The Hall–Kier alpha value is -2.34. The van der Waals surface area contributed by atoms with Gasteiger partial charge in [-0.3, -0.25) is 4.79 Å². The van der Waals surface area contributed by atoms with Crippen LogP contribution in [0.3, 0.4) is 0 Å². The molecule has 0 aromatic heterocycles. The summed E-state index contributed by atoms with van der Waals surface area (Å²) in [4.78, 5) is 13.4. The Morgan fingerprint density at radius 2 is 1.17 bits per heavy atom. The Bertz CT molecular complexity index is 1120. The maximum Gasteiger partial charge on any atom is 0.411 e. The minimum atomic E-state index is -4.35. The summed E-state index contributed by atoms with van der Waals surface area (Å²) in [7, 11) is -3.06. The molecule has 0 saturated heterocycles. The highest BCUT2D eigenvalue weighted by atomic mass is 32.2. The van der Waals surface area contributed by atoms with E-state index in [-0.39, 0.29) is 30.1 Å². The second kappa shape index (κ2) is 11.8. The Labute approximate surface area is 219 Å². The van der Waals surface area contributed by atoms with Crippen LogP contribution in [-0.2, 0) is 21.5 Å². The van der Waals surface area contributed by atoms with Crippen molar-refractivity contribution in [1.82, 2.24) is 4.31 Å². The molecule has 2 aromatic carbocycles. The van der Waals surface area contributed by atoms with Crippen LogP contribution in [0.4, 0.5) is 0 Å². The van der Waals surface area contributed by atoms with E-state index < -0.39 is 16.2 Å². The van der Waals surface area contributed by atoms with Gasteiger partial charge in [-0.15, -0.1) is 0 Å². The van der Waals surface area contributed by atoms with Gasteiger partial charge in [0.2, 0.25) is 5.91 Å². The second-order valence-corrected chi connectivity index (χ2v) is 12.9. The highest BCUT2D eigenvalue weighted by Gasteiger charge is 2.30. The summed E-state index contributed by atoms with van der Waals surface area (Å²) >= 11 is 0. The van der Waals surface area contributed by atoms with Crippen LogP contribution in [-0.4, -0.2) is 25.7 Å². The van der Waals surface area contributed by atoms with Gasteiger partial charge in [-0.1, -0.05) is 99.6 Å². The molecule has 0 spiro atoms. The smallest absolute Gasteiger partial charge is 0.366 e. The number of rotatable bonds is 10. The van der Waals surface area contributed by atoms with Gasteiger partial charge in [-0.2, -0.15) is 8.42 Å². The van der Waals surface area contributed by atoms with E-state index in [1.807, 2.05) is 45.9 Å². The molecule has 0 radical (unpaired) electrons. The summed E-state index contributed by atoms with van der Waals surface area (Å²) < 4.78 is 33.1. The summed E-state index contributed by atoms with van der Waals surface area (Å²) in [6, 6.07) is 10.0. The minimum absolute atomic E-state index is 0.00135. The molecule has 2 rings (SSSR count). The van der Waals surface area contributed by atoms with E-state index in [1.54, 1.807) is 0 Å². The monoisotopic (exact) mass is 515 g/mol. The Morgan fingerprint density at radius 1 is 0.750 bits per heavy atom. The lowest BCUT2D eigenvalue weighted by Crippen LogP contribution is -2.38. The minimum Gasteiger partial charge on any atom is -0.366 e. The van der Waals surface area contributed by atoms with Crippen molar-refractivity contribution < 1.29 is 17.4 Å². The van der Waals surface area contributed by atoms with Crippen LogP contribution in [0, 0.1) is 0 Å². The third-order valence-electron chi connectivity index (χ3n) is 6.78. The lowest BCUT2D eigenvalue weighted by molar-refractivity contribution is -0.125. The fourth-order valence-corrected chi connectivity index (χ4v) is 5.27. The summed E-state index contributed by atoms with van der Waals surface area (Å²) in [6.07, 6.45) is 0.00135. The molecule has 0 heterocycles. The van der Waals surface area contributed by atoms with Gasteiger partial charge in [0, 0.05) is 7.05 Å². The maximum absolute atomic E-state index is 13.4. The van der Waals surface area contributed by atoms with E-state index in [9.17, 15) is 13.2 Å². The van der Waals surface area contributed by atoms with Crippen molar-refractivity contribution >= 4 is 16.2 Å². The molecule has 0 saturated carbocycles. The molecule has 0 aliphatic carbocycles. The average Bonchev–Trinajstić information content (AvgIpc) is 2.77. The third-order valence-corrected chi connectivity index (χ3v) is 8.03. The third kappa shape index (κ3) is 6.70. The van der Waals surface area contributed by atoms with Gasteiger partial charge in [-0.25, -0.2) is 4.31 Å². The molecule has 36 heavy (non-hydrogen) atoms. The predicted molar refractivity (Wildman–Crippen MR) is 149 cm³/mol. The zero-order valence-corrected chi connectivity index (χ0v) is 24.8. The molecule has 0 bridgehead atoms. The van der Waals surface area contributed by atoms with Crippen LogP contribution in [0.1, 0.15) is 132 Å². The number of carbonyl (C=O) groups is 1. The van der Waals surface area contributed by atoms with E-state index in [4.69, 9.17) is 4.18 Å². The molecule has 0 aliphatic rings. The Balaban J connectivity index is 2.49. The van der Waals surface area contributed by atoms with Crippen molar-refractivity contribution in [3.8, 4) is 5.75 Å². The van der Waals surface area contributed by atoms with Crippen molar-refractivity contribution in [3.05, 3.63) is 63.7 Å². The summed E-state index contributed by atoms with van der Waals surface area (Å²) in [5.74, 6) is 0.714. The molecule has 0 aliphatic heterocycles. The summed E-state index contributed by atoms with van der Waals surface area (Å²) in [5, 5.41) is 0. The number of likely N-dealkylation sites (N-methyl/N-ethyl adjacent to an activating group) is 1. The van der Waals surface area contributed by atoms with Gasteiger partial charge >= 0.3 is 10.3 Å². The van der Waals surface area contributed by atoms with E-state index in [0.717, 1.165) is 32.1 Å². The number of benzene rings is 2. The largest absolute Gasteiger partial charge is 0.411 e. The number of hydrogen-bond acceptors (Lipinski definition) is 4. The number of hydrogen-bond donors (Lipinski definition) is 0. The normalized spacial score (nSPS) is 12.3. The topological polar surface area (TPSA) is 63.7 Å². The fourth-order valence-electron chi connectivity index (χ4n) is 4.44. The van der Waals surface area contributed by atoms with Crippen LogP contribution in [0.15, 0.2) is 30.3 Å². The molecule has 6 heteroatoms. The molecular weight excluding hydrogens is 470 g/mol. The Kier molecular flexibility index (Phi) is 9.80. The molecule has 0 unspecified atom stereocenters. The van der Waals surface area contributed by atoms with Gasteiger partial charge < -0.3 is 4.18 Å². The SMILES string of the molecule is CC(C)c1cc(C(C)C)c(CC(=O)N(C)S(=O)(=O)Oc2c(C(C)C)cccc2C(C)C)c(C(C)C)c1. The molecule has 1 amide bonds. The van der Waals surface area contributed by atoms with Crippen molar-refractivity contribution in [1.29, 1.82) is 0 Å². The molecular formula is C30H45NO4S. The first kappa shape index (κ1) is 29.9. The molecule has 2 aromatic rings. The maximum atomic E-state index is 13.4. The molecule has 0 atom stereocenters. The predicted octanol–water partition coefficient (Wildman–Crippen LogP) is 7.63. The standard InChI is InChI=1S/C30H45NO4S/c1-18(2)23-15-26(21(7)8)28(27(16-23)22(9)10)17-29(32)31(11)36(33,34)35-30-24(19(3)4)13-12-14-25(30)20(5)6/h12-16,18-22H,17H2,1-11H3. The van der Waals surface area contributed by atoms with E-state index in [1.165, 1.54) is 12.6 Å². The number of para-hydroxylation sites is 1. The second-order valence-electron chi connectivity index (χ2n) is 11.3. The summed E-state index contributed by atoms with van der Waals surface area (Å²) in [5.41, 5.74) is 5.95. The van der Waals surface area contributed by atoms with E-state index in [2.05, 4.69) is 53.7 Å². The van der Waals surface area contributed by atoms with Gasteiger partial charge in [0.15, 0.2) is 5.75 Å². The van der Waals surface area contributed by atoms with Gasteiger partial charge in [0.05, 0.1) is 6.42 Å². The molecule has 5 nitrogen and oxygen atoms in total. The molecule has 0 fully saturated rings. The molecule has 200 valence electrons. The van der Waals surface area contributed by atoms with Gasteiger partial charge in [-0.05, 0) is 63.0 Å². The fraction of sp³-hybridized carbons (Fsp3) is 0.567. The van der Waals surface area contributed by atoms with Crippen LogP contribution in [0.5, 0.6) is 5.75 Å². The zero-order valence-electron chi connectivity index (χ0n) is 24.0. The highest BCUT2D eigenvalue weighted by molar-refractivity contribution is 7.85. The van der Waals surface area contributed by atoms with Crippen LogP contribution in [0.2, 0.25) is 0 Å². The molecule has 0 N–H and O–H groups in total. The van der Waals surface area contributed by atoms with Gasteiger partial charge in [0.1, 0.15) is 0 Å². The van der Waals surface area contributed by atoms with Gasteiger partial charge in [0.25, 0.3) is 0 Å². The zero-order chi connectivity index (χ0) is 27.5. The first-order chi connectivity index (χ1) is 16.6. The van der Waals surface area contributed by atoms with E-state index in [0.29, 0.717) is 11.7 Å². The summed E-state index contributed by atoms with van der Waals surface area (Å²) in [6.45, 7) is 20.7. The Morgan fingerprint density at radius 3 is 1.53 bits per heavy atom. The van der Waals surface area contributed by atoms with Crippen LogP contribution >= 0.6 is 0 Å². The van der Waals surface area contributed by atoms with Crippen LogP contribution < -0.4 is 4.18 Å². The quantitative estimate of drug-likeness (QED) is 0.326. The highest BCUT2D eigenvalue weighted by Crippen LogP contribution is 2.36. The van der Waals surface area contributed by atoms with E-state index >= 15 is 0 Å². The van der Waals surface area contributed by atoms with Crippen molar-refractivity contribution in [2.45, 2.75) is 105 Å².